The first kappa shape index (κ1) is 17.9. The molecule has 142 valence electrons. The molecule has 0 aliphatic carbocycles. The summed E-state index contributed by atoms with van der Waals surface area (Å²) in [6.07, 6.45) is 2.17. The number of rotatable bonds is 2. The van der Waals surface area contributed by atoms with E-state index in [1.54, 1.807) is 0 Å². The van der Waals surface area contributed by atoms with Crippen molar-refractivity contribution in [1.29, 1.82) is 0 Å². The second-order valence-electron chi connectivity index (χ2n) is 8.50. The Morgan fingerprint density at radius 1 is 0.621 bits per heavy atom. The van der Waals surface area contributed by atoms with Crippen molar-refractivity contribution >= 4 is 22.7 Å². The lowest BCUT2D eigenvalue weighted by atomic mass is 9.67. The van der Waals surface area contributed by atoms with Crippen LogP contribution < -0.4 is 0 Å². The van der Waals surface area contributed by atoms with E-state index in [-0.39, 0.29) is 0 Å². The fourth-order valence-corrected chi connectivity index (χ4v) is 5.02. The summed E-state index contributed by atoms with van der Waals surface area (Å²) < 4.78 is 0. The number of aliphatic imine (C=N–C) groups is 1. The average Bonchev–Trinajstić information content (AvgIpc) is 2.67. The third kappa shape index (κ3) is 2.73. The van der Waals surface area contributed by atoms with Gasteiger partial charge in [-0.15, -0.1) is 0 Å². The molecule has 1 aliphatic heterocycles. The molecule has 0 bridgehead atoms. The first-order valence-electron chi connectivity index (χ1n) is 10.2. The minimum Gasteiger partial charge on any atom is -0.259 e. The number of nitrogens with zero attached hydrogens (tertiary/aromatic N) is 1. The zero-order valence-electron chi connectivity index (χ0n) is 17.5. The van der Waals surface area contributed by atoms with Gasteiger partial charge in [-0.3, -0.25) is 4.99 Å². The van der Waals surface area contributed by atoms with Crippen molar-refractivity contribution in [3.05, 3.63) is 112 Å². The summed E-state index contributed by atoms with van der Waals surface area (Å²) in [5, 5.41) is 2.51. The highest BCUT2D eigenvalue weighted by Gasteiger charge is 2.39. The van der Waals surface area contributed by atoms with Crippen molar-refractivity contribution in [3.8, 4) is 0 Å². The summed E-state index contributed by atoms with van der Waals surface area (Å²) in [6, 6.07) is 26.8. The van der Waals surface area contributed by atoms with E-state index in [2.05, 4.69) is 107 Å². The number of aryl methyl sites for hydroxylation is 4. The van der Waals surface area contributed by atoms with Crippen molar-refractivity contribution in [1.82, 2.24) is 0 Å². The molecule has 0 saturated heterocycles. The minimum atomic E-state index is -0.401. The minimum absolute atomic E-state index is 0.401. The lowest BCUT2D eigenvalue weighted by Crippen LogP contribution is -2.33. The van der Waals surface area contributed by atoms with Gasteiger partial charge in [-0.2, -0.15) is 0 Å². The smallest absolute Gasteiger partial charge is 0.0811 e. The van der Waals surface area contributed by atoms with Gasteiger partial charge in [0.2, 0.25) is 0 Å². The zero-order chi connectivity index (χ0) is 20.2. The molecule has 1 aliphatic rings. The SMILES string of the molecule is Cc1cc(C)cc(C2(c3cc(C)cc(C)c3)C=Nc3cccc4cccc2c34)c1. The molecule has 4 aromatic carbocycles. The predicted molar refractivity (Wildman–Crippen MR) is 124 cm³/mol. The van der Waals surface area contributed by atoms with Gasteiger partial charge in [0.15, 0.2) is 0 Å². The Bertz CT molecular complexity index is 1200. The number of hydrogen-bond acceptors (Lipinski definition) is 1. The molecule has 1 heteroatoms. The fourth-order valence-electron chi connectivity index (χ4n) is 5.02. The molecule has 0 unspecified atom stereocenters. The highest BCUT2D eigenvalue weighted by atomic mass is 14.8. The van der Waals surface area contributed by atoms with Gasteiger partial charge in [-0.25, -0.2) is 0 Å². The van der Waals surface area contributed by atoms with Gasteiger partial charge in [-0.1, -0.05) is 89.0 Å². The van der Waals surface area contributed by atoms with E-state index in [1.165, 1.54) is 49.7 Å². The summed E-state index contributed by atoms with van der Waals surface area (Å²) >= 11 is 0. The molecule has 0 radical (unpaired) electrons. The summed E-state index contributed by atoms with van der Waals surface area (Å²) in [4.78, 5) is 5.01. The Hall–Kier alpha value is -3.19. The van der Waals surface area contributed by atoms with Crippen LogP contribution in [0.3, 0.4) is 0 Å². The molecular weight excluding hydrogens is 350 g/mol. The van der Waals surface area contributed by atoms with Crippen LogP contribution >= 0.6 is 0 Å². The maximum absolute atomic E-state index is 5.01. The Morgan fingerprint density at radius 3 is 1.69 bits per heavy atom. The Kier molecular flexibility index (Phi) is 3.96. The molecule has 5 rings (SSSR count). The molecule has 1 nitrogen and oxygen atoms in total. The first-order chi connectivity index (χ1) is 14.0. The molecule has 0 saturated carbocycles. The number of benzene rings is 4. The maximum atomic E-state index is 5.01. The van der Waals surface area contributed by atoms with Crippen molar-refractivity contribution in [2.75, 3.05) is 0 Å². The molecule has 29 heavy (non-hydrogen) atoms. The molecule has 0 amide bonds. The maximum Gasteiger partial charge on any atom is 0.0811 e. The standard InChI is InChI=1S/C28H25N/c1-18-11-19(2)14-23(13-18)28(24-15-20(3)12-21(4)16-24)17-29-26-10-6-8-22-7-5-9-25(28)27(22)26/h5-17H,1-4H3. The normalized spacial score (nSPS) is 14.3. The Labute approximate surface area is 172 Å². The zero-order valence-corrected chi connectivity index (χ0v) is 17.5. The molecule has 0 atom stereocenters. The van der Waals surface area contributed by atoms with Crippen LogP contribution in [0.5, 0.6) is 0 Å². The quantitative estimate of drug-likeness (QED) is 0.353. The Morgan fingerprint density at radius 2 is 1.14 bits per heavy atom. The van der Waals surface area contributed by atoms with E-state index in [1.807, 2.05) is 0 Å². The molecule has 0 aromatic heterocycles. The largest absolute Gasteiger partial charge is 0.259 e. The fraction of sp³-hybridized carbons (Fsp3) is 0.179. The van der Waals surface area contributed by atoms with Gasteiger partial charge in [0.25, 0.3) is 0 Å². The summed E-state index contributed by atoms with van der Waals surface area (Å²) in [7, 11) is 0. The van der Waals surface area contributed by atoms with Crippen molar-refractivity contribution in [3.63, 3.8) is 0 Å². The molecule has 0 fully saturated rings. The van der Waals surface area contributed by atoms with Crippen molar-refractivity contribution in [2.24, 2.45) is 4.99 Å². The van der Waals surface area contributed by atoms with E-state index >= 15 is 0 Å². The van der Waals surface area contributed by atoms with Crippen LogP contribution in [-0.2, 0) is 5.41 Å². The van der Waals surface area contributed by atoms with Crippen molar-refractivity contribution < 1.29 is 0 Å². The second kappa shape index (κ2) is 6.42. The third-order valence-electron chi connectivity index (χ3n) is 6.06. The van der Waals surface area contributed by atoms with Gasteiger partial charge in [0.05, 0.1) is 11.1 Å². The summed E-state index contributed by atoms with van der Waals surface area (Å²) in [5.41, 5.74) is 9.66. The van der Waals surface area contributed by atoms with Crippen LogP contribution in [-0.4, -0.2) is 6.21 Å². The van der Waals surface area contributed by atoms with Gasteiger partial charge in [-0.05, 0) is 55.8 Å². The van der Waals surface area contributed by atoms with Crippen LogP contribution in [0.15, 0.2) is 77.8 Å². The van der Waals surface area contributed by atoms with Crippen LogP contribution in [0, 0.1) is 27.7 Å². The molecule has 1 heterocycles. The van der Waals surface area contributed by atoms with E-state index in [9.17, 15) is 0 Å². The molecule has 0 N–H and O–H groups in total. The van der Waals surface area contributed by atoms with Crippen LogP contribution in [0.2, 0.25) is 0 Å². The van der Waals surface area contributed by atoms with Crippen LogP contribution in [0.4, 0.5) is 5.69 Å². The third-order valence-corrected chi connectivity index (χ3v) is 6.06. The molecule has 4 aromatic rings. The van der Waals surface area contributed by atoms with E-state index in [0.717, 1.165) is 5.69 Å². The van der Waals surface area contributed by atoms with Crippen molar-refractivity contribution in [2.45, 2.75) is 33.1 Å². The highest BCUT2D eigenvalue weighted by molar-refractivity contribution is 6.05. The highest BCUT2D eigenvalue weighted by Crippen LogP contribution is 2.47. The second-order valence-corrected chi connectivity index (χ2v) is 8.50. The van der Waals surface area contributed by atoms with Crippen LogP contribution in [0.25, 0.3) is 10.8 Å². The lowest BCUT2D eigenvalue weighted by Gasteiger charge is -2.36. The van der Waals surface area contributed by atoms with Gasteiger partial charge in [0.1, 0.15) is 0 Å². The first-order valence-corrected chi connectivity index (χ1v) is 10.2. The number of hydrogen-bond donors (Lipinski definition) is 0. The van der Waals surface area contributed by atoms with Gasteiger partial charge in [0, 0.05) is 11.6 Å². The predicted octanol–water partition coefficient (Wildman–Crippen LogP) is 7.12. The van der Waals surface area contributed by atoms with Gasteiger partial charge >= 0.3 is 0 Å². The molecular formula is C28H25N. The monoisotopic (exact) mass is 375 g/mol. The lowest BCUT2D eigenvalue weighted by molar-refractivity contribution is 0.843. The summed E-state index contributed by atoms with van der Waals surface area (Å²) in [5.74, 6) is 0. The van der Waals surface area contributed by atoms with Gasteiger partial charge < -0.3 is 0 Å². The topological polar surface area (TPSA) is 12.4 Å². The Balaban J connectivity index is 1.96. The molecule has 0 spiro atoms. The van der Waals surface area contributed by atoms with E-state index in [0.29, 0.717) is 0 Å². The van der Waals surface area contributed by atoms with E-state index < -0.39 is 5.41 Å². The summed E-state index contributed by atoms with van der Waals surface area (Å²) in [6.45, 7) is 8.72. The van der Waals surface area contributed by atoms with Crippen LogP contribution in [0.1, 0.15) is 38.9 Å². The van der Waals surface area contributed by atoms with E-state index in [4.69, 9.17) is 4.99 Å². The average molecular weight is 376 g/mol.